The monoisotopic (exact) mass is 272 g/mol. The van der Waals surface area contributed by atoms with Gasteiger partial charge in [-0.3, -0.25) is 0 Å². The van der Waals surface area contributed by atoms with E-state index >= 15 is 0 Å². The number of rotatable bonds is 5. The molecular weight excluding hydrogens is 256 g/mol. The molecule has 1 aromatic carbocycles. The molecule has 0 aliphatic carbocycles. The molecular formula is C12H17BrO2. The van der Waals surface area contributed by atoms with Crippen molar-refractivity contribution >= 4 is 15.9 Å². The fourth-order valence-electron chi connectivity index (χ4n) is 1.48. The van der Waals surface area contributed by atoms with Crippen LogP contribution in [0.4, 0.5) is 0 Å². The summed E-state index contributed by atoms with van der Waals surface area (Å²) in [6.45, 7) is 2.71. The first-order valence-electron chi connectivity index (χ1n) is 5.08. The first-order chi connectivity index (χ1) is 7.16. The highest BCUT2D eigenvalue weighted by atomic mass is 79.9. The summed E-state index contributed by atoms with van der Waals surface area (Å²) in [5.41, 5.74) is 0.945. The van der Waals surface area contributed by atoms with Crippen LogP contribution in [0.1, 0.15) is 25.0 Å². The third kappa shape index (κ3) is 3.59. The molecule has 0 heterocycles. The summed E-state index contributed by atoms with van der Waals surface area (Å²) in [6.07, 6.45) is 0.426. The van der Waals surface area contributed by atoms with E-state index < -0.39 is 6.10 Å². The van der Waals surface area contributed by atoms with Gasteiger partial charge < -0.3 is 9.84 Å². The van der Waals surface area contributed by atoms with Crippen molar-refractivity contribution in [2.75, 3.05) is 13.7 Å². The van der Waals surface area contributed by atoms with Crippen LogP contribution in [-0.4, -0.2) is 18.8 Å². The van der Waals surface area contributed by atoms with Gasteiger partial charge >= 0.3 is 0 Å². The second-order valence-corrected chi connectivity index (χ2v) is 4.58. The van der Waals surface area contributed by atoms with Gasteiger partial charge in [0, 0.05) is 18.2 Å². The zero-order valence-corrected chi connectivity index (χ0v) is 10.7. The van der Waals surface area contributed by atoms with Crippen molar-refractivity contribution in [3.63, 3.8) is 0 Å². The second-order valence-electron chi connectivity index (χ2n) is 3.73. The first kappa shape index (κ1) is 12.7. The molecule has 0 saturated heterocycles. The maximum atomic E-state index is 10.1. The van der Waals surface area contributed by atoms with E-state index in [1.54, 1.807) is 7.11 Å². The molecule has 0 aliphatic rings. The van der Waals surface area contributed by atoms with Crippen LogP contribution in [-0.2, 0) is 4.74 Å². The molecule has 2 unspecified atom stereocenters. The summed E-state index contributed by atoms with van der Waals surface area (Å²) >= 11 is 3.44. The predicted octanol–water partition coefficient (Wildman–Crippen LogP) is 3.16. The highest BCUT2D eigenvalue weighted by molar-refractivity contribution is 9.10. The first-order valence-corrected chi connectivity index (χ1v) is 5.87. The van der Waals surface area contributed by atoms with Crippen LogP contribution < -0.4 is 0 Å². The van der Waals surface area contributed by atoms with E-state index in [2.05, 4.69) is 15.9 Å². The maximum Gasteiger partial charge on any atom is 0.0827 e. The fraction of sp³-hybridized carbons (Fsp3) is 0.500. The van der Waals surface area contributed by atoms with Crippen LogP contribution in [0.2, 0.25) is 0 Å². The van der Waals surface area contributed by atoms with Gasteiger partial charge in [-0.15, -0.1) is 0 Å². The summed E-state index contributed by atoms with van der Waals surface area (Å²) in [5.74, 6) is 0.198. The van der Waals surface area contributed by atoms with E-state index in [9.17, 15) is 5.11 Å². The van der Waals surface area contributed by atoms with Crippen LogP contribution in [0.25, 0.3) is 0 Å². The largest absolute Gasteiger partial charge is 0.388 e. The molecule has 0 amide bonds. The molecule has 0 bridgehead atoms. The Morgan fingerprint density at radius 1 is 1.40 bits per heavy atom. The van der Waals surface area contributed by atoms with Crippen LogP contribution in [0.3, 0.4) is 0 Å². The highest BCUT2D eigenvalue weighted by Crippen LogP contribution is 2.29. The lowest BCUT2D eigenvalue weighted by molar-refractivity contribution is 0.0881. The van der Waals surface area contributed by atoms with Gasteiger partial charge in [-0.25, -0.2) is 0 Å². The Morgan fingerprint density at radius 3 is 2.67 bits per heavy atom. The summed E-state index contributed by atoms with van der Waals surface area (Å²) in [4.78, 5) is 0. The molecule has 1 aromatic rings. The van der Waals surface area contributed by atoms with Crippen molar-refractivity contribution in [3.8, 4) is 0 Å². The fourth-order valence-corrected chi connectivity index (χ4v) is 2.00. The Morgan fingerprint density at radius 2 is 2.07 bits per heavy atom. The van der Waals surface area contributed by atoms with Crippen LogP contribution in [0, 0.1) is 5.92 Å². The molecule has 0 radical (unpaired) electrons. The summed E-state index contributed by atoms with van der Waals surface area (Å²) < 4.78 is 5.97. The second kappa shape index (κ2) is 6.26. The van der Waals surface area contributed by atoms with Gasteiger partial charge in [0.2, 0.25) is 0 Å². The Labute approximate surface area is 99.4 Å². The van der Waals surface area contributed by atoms with Gasteiger partial charge in [0.15, 0.2) is 0 Å². The van der Waals surface area contributed by atoms with E-state index in [1.807, 2.05) is 31.2 Å². The number of aliphatic hydroxyl groups is 1. The number of aliphatic hydroxyl groups excluding tert-OH is 1. The van der Waals surface area contributed by atoms with Crippen molar-refractivity contribution < 1.29 is 9.84 Å². The molecule has 0 saturated carbocycles. The van der Waals surface area contributed by atoms with Crippen molar-refractivity contribution in [1.29, 1.82) is 0 Å². The molecule has 0 spiro atoms. The van der Waals surface area contributed by atoms with Crippen molar-refractivity contribution in [2.24, 2.45) is 5.92 Å². The Bertz CT molecular complexity index is 301. The number of benzene rings is 1. The van der Waals surface area contributed by atoms with Gasteiger partial charge in [-0.1, -0.05) is 41.1 Å². The van der Waals surface area contributed by atoms with Crippen LogP contribution >= 0.6 is 15.9 Å². The van der Waals surface area contributed by atoms with Crippen molar-refractivity contribution in [1.82, 2.24) is 0 Å². The molecule has 1 rings (SSSR count). The smallest absolute Gasteiger partial charge is 0.0827 e. The minimum atomic E-state index is -0.435. The minimum absolute atomic E-state index is 0.198. The van der Waals surface area contributed by atoms with E-state index in [4.69, 9.17) is 4.74 Å². The topological polar surface area (TPSA) is 29.5 Å². The summed E-state index contributed by atoms with van der Waals surface area (Å²) in [5, 5.41) is 10.1. The molecule has 2 nitrogen and oxygen atoms in total. The third-order valence-electron chi connectivity index (χ3n) is 2.54. The van der Waals surface area contributed by atoms with Crippen molar-refractivity contribution in [3.05, 3.63) is 34.3 Å². The number of hydrogen-bond acceptors (Lipinski definition) is 2. The lowest BCUT2D eigenvalue weighted by Crippen LogP contribution is -2.11. The van der Waals surface area contributed by atoms with Gasteiger partial charge in [0.25, 0.3) is 0 Å². The predicted molar refractivity (Wildman–Crippen MR) is 64.8 cm³/mol. The quantitative estimate of drug-likeness (QED) is 0.893. The standard InChI is InChI=1S/C12H17BrO2/c1-9(7-8-15-2)12(14)10-5-3-4-6-11(10)13/h3-6,9,12,14H,7-8H2,1-2H3. The average molecular weight is 273 g/mol. The summed E-state index contributed by atoms with van der Waals surface area (Å²) in [7, 11) is 1.68. The van der Waals surface area contributed by atoms with Gasteiger partial charge in [0.05, 0.1) is 6.10 Å². The van der Waals surface area contributed by atoms with E-state index in [0.717, 1.165) is 16.5 Å². The van der Waals surface area contributed by atoms with Gasteiger partial charge in [0.1, 0.15) is 0 Å². The van der Waals surface area contributed by atoms with Crippen molar-refractivity contribution in [2.45, 2.75) is 19.4 Å². The van der Waals surface area contributed by atoms with Crippen LogP contribution in [0.15, 0.2) is 28.7 Å². The van der Waals surface area contributed by atoms with E-state index in [-0.39, 0.29) is 5.92 Å². The molecule has 3 heteroatoms. The molecule has 0 aliphatic heterocycles. The number of hydrogen-bond donors (Lipinski definition) is 1. The molecule has 15 heavy (non-hydrogen) atoms. The average Bonchev–Trinajstić information content (AvgIpc) is 2.25. The maximum absolute atomic E-state index is 10.1. The SMILES string of the molecule is COCCC(C)C(O)c1ccccc1Br. The number of ether oxygens (including phenoxy) is 1. The Kier molecular flexibility index (Phi) is 5.29. The number of methoxy groups -OCH3 is 1. The minimum Gasteiger partial charge on any atom is -0.388 e. The molecule has 2 atom stereocenters. The van der Waals surface area contributed by atoms with E-state index in [1.165, 1.54) is 0 Å². The zero-order chi connectivity index (χ0) is 11.3. The van der Waals surface area contributed by atoms with E-state index in [0.29, 0.717) is 6.61 Å². The molecule has 1 N–H and O–H groups in total. The normalized spacial score (nSPS) is 14.9. The number of halogens is 1. The lowest BCUT2D eigenvalue weighted by Gasteiger charge is -2.19. The highest BCUT2D eigenvalue weighted by Gasteiger charge is 2.17. The third-order valence-corrected chi connectivity index (χ3v) is 3.26. The zero-order valence-electron chi connectivity index (χ0n) is 9.11. The summed E-state index contributed by atoms with van der Waals surface area (Å²) in [6, 6.07) is 7.77. The van der Waals surface area contributed by atoms with Gasteiger partial charge in [-0.05, 0) is 24.0 Å². The lowest BCUT2D eigenvalue weighted by atomic mass is 9.95. The molecule has 84 valence electrons. The molecule has 0 aromatic heterocycles. The molecule has 0 fully saturated rings. The Hall–Kier alpha value is -0.380. The van der Waals surface area contributed by atoms with Crippen LogP contribution in [0.5, 0.6) is 0 Å². The van der Waals surface area contributed by atoms with Gasteiger partial charge in [-0.2, -0.15) is 0 Å². The Balaban J connectivity index is 2.67.